The molecule has 4 rings (SSSR count). The maximum atomic E-state index is 12.6. The Balaban J connectivity index is 1.33. The summed E-state index contributed by atoms with van der Waals surface area (Å²) >= 11 is 1.35. The molecule has 7 nitrogen and oxygen atoms in total. The van der Waals surface area contributed by atoms with Crippen molar-refractivity contribution in [3.8, 4) is 11.4 Å². The number of piperidine rings is 1. The second kappa shape index (κ2) is 11.2. The van der Waals surface area contributed by atoms with Crippen LogP contribution in [0.25, 0.3) is 5.69 Å². The quantitative estimate of drug-likeness (QED) is 0.500. The average molecular weight is 452 g/mol. The predicted octanol–water partition coefficient (Wildman–Crippen LogP) is 3.71. The standard InChI is InChI=1S/C24H29N5O2S/c1-31-21-12-10-19(11-13-21)22(28-14-6-3-7-15-28)16-25-23(30)17-32-24-26-18-29(27-24)20-8-4-2-5-9-20/h2,4-5,8-13,18,22H,3,6-7,14-17H2,1H3,(H,25,30)/t22-/m1/s1. The normalized spacial score (nSPS) is 15.3. The molecule has 0 saturated carbocycles. The molecule has 2 aromatic carbocycles. The van der Waals surface area contributed by atoms with Gasteiger partial charge in [0.1, 0.15) is 12.1 Å². The van der Waals surface area contributed by atoms with Crippen molar-refractivity contribution in [1.82, 2.24) is 25.0 Å². The van der Waals surface area contributed by atoms with E-state index >= 15 is 0 Å². The zero-order valence-electron chi connectivity index (χ0n) is 18.3. The van der Waals surface area contributed by atoms with Crippen molar-refractivity contribution in [2.75, 3.05) is 32.5 Å². The number of hydrogen-bond donors (Lipinski definition) is 1. The average Bonchev–Trinajstić information content (AvgIpc) is 3.34. The first-order valence-corrected chi connectivity index (χ1v) is 12.0. The Morgan fingerprint density at radius 2 is 1.84 bits per heavy atom. The number of rotatable bonds is 9. The predicted molar refractivity (Wildman–Crippen MR) is 126 cm³/mol. The summed E-state index contributed by atoms with van der Waals surface area (Å²) in [6.07, 6.45) is 5.35. The smallest absolute Gasteiger partial charge is 0.230 e. The number of para-hydroxylation sites is 1. The first kappa shape index (κ1) is 22.4. The Kier molecular flexibility index (Phi) is 7.79. The van der Waals surface area contributed by atoms with Gasteiger partial charge in [0.05, 0.1) is 24.6 Å². The van der Waals surface area contributed by atoms with Gasteiger partial charge in [-0.1, -0.05) is 48.5 Å². The van der Waals surface area contributed by atoms with Gasteiger partial charge in [0.25, 0.3) is 0 Å². The molecule has 1 aromatic heterocycles. The van der Waals surface area contributed by atoms with Crippen molar-refractivity contribution in [1.29, 1.82) is 0 Å². The van der Waals surface area contributed by atoms with E-state index in [0.717, 1.165) is 24.5 Å². The zero-order chi connectivity index (χ0) is 22.2. The highest BCUT2D eigenvalue weighted by atomic mass is 32.2. The molecule has 1 aliphatic rings. The molecule has 168 valence electrons. The molecule has 1 N–H and O–H groups in total. The Morgan fingerprint density at radius 1 is 1.09 bits per heavy atom. The minimum absolute atomic E-state index is 0.0124. The number of nitrogens with one attached hydrogen (secondary N) is 1. The number of amides is 1. The summed E-state index contributed by atoms with van der Waals surface area (Å²) in [4.78, 5) is 19.4. The Labute approximate surface area is 193 Å². The van der Waals surface area contributed by atoms with Crippen molar-refractivity contribution in [2.24, 2.45) is 0 Å². The molecule has 8 heteroatoms. The van der Waals surface area contributed by atoms with Gasteiger partial charge < -0.3 is 10.1 Å². The fraction of sp³-hybridized carbons (Fsp3) is 0.375. The first-order valence-electron chi connectivity index (χ1n) is 11.0. The minimum atomic E-state index is -0.0124. The number of aromatic nitrogens is 3. The Morgan fingerprint density at radius 3 is 2.56 bits per heavy atom. The number of nitrogens with zero attached hydrogens (tertiary/aromatic N) is 4. The zero-order valence-corrected chi connectivity index (χ0v) is 19.1. The van der Waals surface area contributed by atoms with Crippen molar-refractivity contribution < 1.29 is 9.53 Å². The Hall–Kier alpha value is -2.84. The molecule has 1 amide bonds. The molecular formula is C24H29N5O2S. The molecule has 3 aromatic rings. The number of carbonyl (C=O) groups excluding carboxylic acids is 1. The number of benzene rings is 2. The van der Waals surface area contributed by atoms with Crippen LogP contribution in [0.15, 0.2) is 66.1 Å². The molecule has 1 saturated heterocycles. The number of likely N-dealkylation sites (tertiary alicyclic amines) is 1. The summed E-state index contributed by atoms with van der Waals surface area (Å²) in [7, 11) is 1.67. The molecule has 0 aliphatic carbocycles. The van der Waals surface area contributed by atoms with E-state index in [1.807, 2.05) is 42.5 Å². The van der Waals surface area contributed by atoms with Crippen molar-refractivity contribution in [3.05, 3.63) is 66.5 Å². The lowest BCUT2D eigenvalue weighted by Crippen LogP contribution is -2.41. The van der Waals surface area contributed by atoms with Crippen LogP contribution in [0.1, 0.15) is 30.9 Å². The van der Waals surface area contributed by atoms with Crippen LogP contribution in [-0.4, -0.2) is 58.1 Å². The van der Waals surface area contributed by atoms with Crippen LogP contribution in [0.3, 0.4) is 0 Å². The van der Waals surface area contributed by atoms with E-state index in [2.05, 4.69) is 32.4 Å². The lowest BCUT2D eigenvalue weighted by Gasteiger charge is -2.35. The summed E-state index contributed by atoms with van der Waals surface area (Å²) in [6, 6.07) is 18.1. The second-order valence-corrected chi connectivity index (χ2v) is 8.73. The van der Waals surface area contributed by atoms with Crippen LogP contribution < -0.4 is 10.1 Å². The van der Waals surface area contributed by atoms with E-state index in [0.29, 0.717) is 11.7 Å². The van der Waals surface area contributed by atoms with Gasteiger partial charge in [-0.15, -0.1) is 5.10 Å². The maximum Gasteiger partial charge on any atom is 0.230 e. The number of ether oxygens (including phenoxy) is 1. The highest BCUT2D eigenvalue weighted by Crippen LogP contribution is 2.26. The van der Waals surface area contributed by atoms with E-state index in [9.17, 15) is 4.79 Å². The monoisotopic (exact) mass is 451 g/mol. The molecule has 0 bridgehead atoms. The van der Waals surface area contributed by atoms with Crippen LogP contribution >= 0.6 is 11.8 Å². The van der Waals surface area contributed by atoms with Gasteiger partial charge in [-0.3, -0.25) is 9.69 Å². The summed E-state index contributed by atoms with van der Waals surface area (Å²) in [6.45, 7) is 2.70. The topological polar surface area (TPSA) is 72.3 Å². The highest BCUT2D eigenvalue weighted by molar-refractivity contribution is 7.99. The van der Waals surface area contributed by atoms with Crippen molar-refractivity contribution in [2.45, 2.75) is 30.5 Å². The number of hydrogen-bond acceptors (Lipinski definition) is 6. The summed E-state index contributed by atoms with van der Waals surface area (Å²) in [5, 5.41) is 8.16. The van der Waals surface area contributed by atoms with E-state index in [4.69, 9.17) is 4.74 Å². The van der Waals surface area contributed by atoms with Crippen molar-refractivity contribution >= 4 is 17.7 Å². The molecule has 0 spiro atoms. The van der Waals surface area contributed by atoms with Crippen LogP contribution in [0.2, 0.25) is 0 Å². The minimum Gasteiger partial charge on any atom is -0.497 e. The van der Waals surface area contributed by atoms with Gasteiger partial charge >= 0.3 is 0 Å². The number of methoxy groups -OCH3 is 1. The Bertz CT molecular complexity index is 987. The SMILES string of the molecule is COc1ccc([C@@H](CNC(=O)CSc2ncn(-c3ccccc3)n2)N2CCCCC2)cc1. The van der Waals surface area contributed by atoms with Gasteiger partial charge in [0.15, 0.2) is 0 Å². The van der Waals surface area contributed by atoms with Gasteiger partial charge in [-0.05, 0) is 55.8 Å². The molecule has 32 heavy (non-hydrogen) atoms. The third kappa shape index (κ3) is 5.89. The molecule has 1 atom stereocenters. The highest BCUT2D eigenvalue weighted by Gasteiger charge is 2.23. The van der Waals surface area contributed by atoms with Crippen LogP contribution in [0.4, 0.5) is 0 Å². The summed E-state index contributed by atoms with van der Waals surface area (Å²) in [5.74, 6) is 1.12. The molecule has 1 aliphatic heterocycles. The lowest BCUT2D eigenvalue weighted by atomic mass is 10.0. The van der Waals surface area contributed by atoms with Crippen molar-refractivity contribution in [3.63, 3.8) is 0 Å². The lowest BCUT2D eigenvalue weighted by molar-refractivity contribution is -0.118. The third-order valence-electron chi connectivity index (χ3n) is 5.65. The second-order valence-electron chi connectivity index (χ2n) is 7.79. The summed E-state index contributed by atoms with van der Waals surface area (Å²) in [5.41, 5.74) is 2.14. The van der Waals surface area contributed by atoms with Gasteiger partial charge in [-0.25, -0.2) is 9.67 Å². The largest absolute Gasteiger partial charge is 0.497 e. The molecule has 0 unspecified atom stereocenters. The van der Waals surface area contributed by atoms with Gasteiger partial charge in [0, 0.05) is 6.54 Å². The van der Waals surface area contributed by atoms with Gasteiger partial charge in [-0.2, -0.15) is 0 Å². The fourth-order valence-corrected chi connectivity index (χ4v) is 4.55. The van der Waals surface area contributed by atoms with Crippen LogP contribution in [0, 0.1) is 0 Å². The molecule has 0 radical (unpaired) electrons. The maximum absolute atomic E-state index is 12.6. The van der Waals surface area contributed by atoms with Crippen LogP contribution in [-0.2, 0) is 4.79 Å². The van der Waals surface area contributed by atoms with Crippen LogP contribution in [0.5, 0.6) is 5.75 Å². The van der Waals surface area contributed by atoms with Gasteiger partial charge in [0.2, 0.25) is 11.1 Å². The molecular weight excluding hydrogens is 422 g/mol. The van der Waals surface area contributed by atoms with E-state index in [1.165, 1.54) is 36.6 Å². The van der Waals surface area contributed by atoms with E-state index in [1.54, 1.807) is 18.1 Å². The third-order valence-corrected chi connectivity index (χ3v) is 6.50. The fourth-order valence-electron chi connectivity index (χ4n) is 3.92. The number of carbonyl (C=O) groups is 1. The molecule has 2 heterocycles. The number of thioether (sulfide) groups is 1. The van der Waals surface area contributed by atoms with E-state index < -0.39 is 0 Å². The molecule has 1 fully saturated rings. The first-order chi connectivity index (χ1) is 15.7. The van der Waals surface area contributed by atoms with E-state index in [-0.39, 0.29) is 17.7 Å². The summed E-state index contributed by atoms with van der Waals surface area (Å²) < 4.78 is 7.02.